The first-order valence-corrected chi connectivity index (χ1v) is 11.1. The van der Waals surface area contributed by atoms with Crippen LogP contribution in [-0.2, 0) is 6.42 Å². The molecule has 3 N–H and O–H groups in total. The van der Waals surface area contributed by atoms with E-state index >= 15 is 0 Å². The zero-order valence-corrected chi connectivity index (χ0v) is 18.8. The lowest BCUT2D eigenvalue weighted by Gasteiger charge is -2.13. The van der Waals surface area contributed by atoms with Crippen molar-refractivity contribution in [2.75, 3.05) is 40.4 Å². The maximum atomic E-state index is 11.9. The number of thiophene rings is 1. The number of aliphatic imine (C=N–C) groups is 1. The molecule has 2 aromatic rings. The first kappa shape index (κ1) is 23.5. The van der Waals surface area contributed by atoms with Crippen molar-refractivity contribution in [1.82, 2.24) is 16.0 Å². The van der Waals surface area contributed by atoms with Gasteiger partial charge in [-0.15, -0.1) is 11.3 Å². The highest BCUT2D eigenvalue weighted by atomic mass is 32.1. The first-order chi connectivity index (χ1) is 14.7. The quantitative estimate of drug-likeness (QED) is 0.273. The van der Waals surface area contributed by atoms with E-state index in [1.807, 2.05) is 36.6 Å². The van der Waals surface area contributed by atoms with Gasteiger partial charge in [-0.25, -0.2) is 0 Å². The van der Waals surface area contributed by atoms with Crippen LogP contribution >= 0.6 is 11.3 Å². The second-order valence-corrected chi connectivity index (χ2v) is 7.48. The van der Waals surface area contributed by atoms with Gasteiger partial charge in [0.15, 0.2) is 17.5 Å². The Kier molecular flexibility index (Phi) is 10.6. The fraction of sp³-hybridized carbons (Fsp3) is 0.455. The molecule has 0 atom stereocenters. The number of carbonyl (C=O) groups excluding carboxylic acids is 1. The fourth-order valence-electron chi connectivity index (χ4n) is 2.86. The van der Waals surface area contributed by atoms with E-state index < -0.39 is 0 Å². The SMILES string of the molecule is CCOc1cc(CCCNC(=NC)NCCCNC(=O)c2cccs2)ccc1OC. The third-order valence-electron chi connectivity index (χ3n) is 4.36. The van der Waals surface area contributed by atoms with E-state index in [-0.39, 0.29) is 5.91 Å². The summed E-state index contributed by atoms with van der Waals surface area (Å²) in [6.45, 7) is 4.75. The molecule has 0 aliphatic rings. The van der Waals surface area contributed by atoms with Crippen molar-refractivity contribution < 1.29 is 14.3 Å². The maximum absolute atomic E-state index is 11.9. The molecule has 7 nitrogen and oxygen atoms in total. The van der Waals surface area contributed by atoms with Crippen LogP contribution in [0.15, 0.2) is 40.7 Å². The molecule has 0 aliphatic carbocycles. The van der Waals surface area contributed by atoms with Crippen LogP contribution in [0.4, 0.5) is 0 Å². The molecule has 1 aromatic heterocycles. The molecule has 0 bridgehead atoms. The molecule has 1 amide bonds. The lowest BCUT2D eigenvalue weighted by molar-refractivity contribution is 0.0957. The summed E-state index contributed by atoms with van der Waals surface area (Å²) in [6, 6.07) is 9.77. The van der Waals surface area contributed by atoms with Crippen molar-refractivity contribution in [1.29, 1.82) is 0 Å². The van der Waals surface area contributed by atoms with E-state index in [9.17, 15) is 4.79 Å². The van der Waals surface area contributed by atoms with E-state index in [2.05, 4.69) is 27.0 Å². The molecule has 30 heavy (non-hydrogen) atoms. The molecular formula is C22H32N4O3S. The summed E-state index contributed by atoms with van der Waals surface area (Å²) >= 11 is 1.45. The summed E-state index contributed by atoms with van der Waals surface area (Å²) in [5.74, 6) is 2.30. The highest BCUT2D eigenvalue weighted by Gasteiger charge is 2.06. The number of methoxy groups -OCH3 is 1. The van der Waals surface area contributed by atoms with Crippen molar-refractivity contribution in [2.45, 2.75) is 26.2 Å². The monoisotopic (exact) mass is 432 g/mol. The Morgan fingerprint density at radius 3 is 2.50 bits per heavy atom. The van der Waals surface area contributed by atoms with Gasteiger partial charge in [-0.05, 0) is 55.3 Å². The second-order valence-electron chi connectivity index (χ2n) is 6.53. The molecule has 0 aliphatic heterocycles. The van der Waals surface area contributed by atoms with Gasteiger partial charge in [-0.3, -0.25) is 9.79 Å². The van der Waals surface area contributed by atoms with Gasteiger partial charge in [0.25, 0.3) is 5.91 Å². The highest BCUT2D eigenvalue weighted by molar-refractivity contribution is 7.12. The van der Waals surface area contributed by atoms with E-state index in [0.717, 1.165) is 54.7 Å². The van der Waals surface area contributed by atoms with Crippen LogP contribution in [0.5, 0.6) is 11.5 Å². The summed E-state index contributed by atoms with van der Waals surface area (Å²) in [6.07, 6.45) is 2.72. The van der Waals surface area contributed by atoms with Crippen LogP contribution in [0, 0.1) is 0 Å². The number of nitrogens with zero attached hydrogens (tertiary/aromatic N) is 1. The molecule has 0 saturated heterocycles. The number of benzene rings is 1. The smallest absolute Gasteiger partial charge is 0.261 e. The van der Waals surface area contributed by atoms with Crippen molar-refractivity contribution >= 4 is 23.2 Å². The third kappa shape index (κ3) is 7.94. The molecule has 0 spiro atoms. The second kappa shape index (κ2) is 13.5. The Morgan fingerprint density at radius 1 is 1.07 bits per heavy atom. The van der Waals surface area contributed by atoms with Gasteiger partial charge in [-0.1, -0.05) is 12.1 Å². The van der Waals surface area contributed by atoms with E-state index in [1.54, 1.807) is 14.2 Å². The minimum atomic E-state index is -0.0152. The minimum absolute atomic E-state index is 0.0152. The van der Waals surface area contributed by atoms with Crippen molar-refractivity contribution in [3.8, 4) is 11.5 Å². The molecule has 2 rings (SSSR count). The van der Waals surface area contributed by atoms with Crippen LogP contribution in [0.25, 0.3) is 0 Å². The van der Waals surface area contributed by atoms with E-state index in [4.69, 9.17) is 9.47 Å². The van der Waals surface area contributed by atoms with Gasteiger partial charge < -0.3 is 25.4 Å². The number of ether oxygens (including phenoxy) is 2. The van der Waals surface area contributed by atoms with Crippen LogP contribution in [0.3, 0.4) is 0 Å². The number of guanidine groups is 1. The van der Waals surface area contributed by atoms with E-state index in [1.165, 1.54) is 16.9 Å². The normalized spacial score (nSPS) is 11.1. The van der Waals surface area contributed by atoms with Gasteiger partial charge in [0.2, 0.25) is 0 Å². The molecule has 1 aromatic carbocycles. The summed E-state index contributed by atoms with van der Waals surface area (Å²) in [5, 5.41) is 11.4. The topological polar surface area (TPSA) is 84.0 Å². The summed E-state index contributed by atoms with van der Waals surface area (Å²) < 4.78 is 11.0. The van der Waals surface area contributed by atoms with Gasteiger partial charge in [0, 0.05) is 26.7 Å². The Labute approximate surface area is 182 Å². The zero-order chi connectivity index (χ0) is 21.6. The predicted octanol–water partition coefficient (Wildman–Crippen LogP) is 3.07. The van der Waals surface area contributed by atoms with Crippen LogP contribution in [0.2, 0.25) is 0 Å². The van der Waals surface area contributed by atoms with Crippen molar-refractivity contribution in [2.24, 2.45) is 4.99 Å². The number of aryl methyl sites for hydroxylation is 1. The van der Waals surface area contributed by atoms with Crippen molar-refractivity contribution in [3.63, 3.8) is 0 Å². The van der Waals surface area contributed by atoms with E-state index in [0.29, 0.717) is 13.2 Å². The summed E-state index contributed by atoms with van der Waals surface area (Å²) in [7, 11) is 3.41. The summed E-state index contributed by atoms with van der Waals surface area (Å²) in [5.41, 5.74) is 1.21. The highest BCUT2D eigenvalue weighted by Crippen LogP contribution is 2.28. The first-order valence-electron chi connectivity index (χ1n) is 10.2. The maximum Gasteiger partial charge on any atom is 0.261 e. The zero-order valence-electron chi connectivity index (χ0n) is 18.0. The van der Waals surface area contributed by atoms with Crippen molar-refractivity contribution in [3.05, 3.63) is 46.2 Å². The van der Waals surface area contributed by atoms with Gasteiger partial charge >= 0.3 is 0 Å². The Morgan fingerprint density at radius 2 is 1.83 bits per heavy atom. The molecule has 1 heterocycles. The van der Waals surface area contributed by atoms with Gasteiger partial charge in [0.1, 0.15) is 0 Å². The Balaban J connectivity index is 1.61. The number of amides is 1. The van der Waals surface area contributed by atoms with Gasteiger partial charge in [0.05, 0.1) is 18.6 Å². The number of rotatable bonds is 12. The van der Waals surface area contributed by atoms with Crippen LogP contribution in [0.1, 0.15) is 35.0 Å². The minimum Gasteiger partial charge on any atom is -0.493 e. The Bertz CT molecular complexity index is 794. The molecular weight excluding hydrogens is 400 g/mol. The molecule has 0 radical (unpaired) electrons. The third-order valence-corrected chi connectivity index (χ3v) is 5.23. The molecule has 0 fully saturated rings. The van der Waals surface area contributed by atoms with Crippen LogP contribution < -0.4 is 25.4 Å². The average molecular weight is 433 g/mol. The average Bonchev–Trinajstić information content (AvgIpc) is 3.30. The standard InChI is InChI=1S/C22H32N4O3S/c1-4-29-19-16-17(10-11-18(19)28-3)8-5-12-25-22(23-2)26-14-7-13-24-21(27)20-9-6-15-30-20/h6,9-11,15-16H,4-5,7-8,12-14H2,1-3H3,(H,24,27)(H2,23,25,26). The number of hydrogen-bond donors (Lipinski definition) is 3. The largest absolute Gasteiger partial charge is 0.493 e. The number of hydrogen-bond acceptors (Lipinski definition) is 5. The molecule has 0 saturated carbocycles. The molecule has 0 unspecified atom stereocenters. The predicted molar refractivity (Wildman–Crippen MR) is 123 cm³/mol. The summed E-state index contributed by atoms with van der Waals surface area (Å²) in [4.78, 5) is 16.9. The number of carbonyl (C=O) groups is 1. The number of nitrogens with one attached hydrogen (secondary N) is 3. The fourth-order valence-corrected chi connectivity index (χ4v) is 3.50. The van der Waals surface area contributed by atoms with Gasteiger partial charge in [-0.2, -0.15) is 0 Å². The molecule has 8 heteroatoms. The molecule has 164 valence electrons. The van der Waals surface area contributed by atoms with Crippen LogP contribution in [-0.4, -0.2) is 52.3 Å². The lowest BCUT2D eigenvalue weighted by Crippen LogP contribution is -2.39. The lowest BCUT2D eigenvalue weighted by atomic mass is 10.1. The Hall–Kier alpha value is -2.74.